The van der Waals surface area contributed by atoms with Gasteiger partial charge in [0.2, 0.25) is 0 Å². The Balaban J connectivity index is 1.98. The van der Waals surface area contributed by atoms with Crippen molar-refractivity contribution in [1.82, 2.24) is 9.88 Å². The molecule has 3 heteroatoms. The lowest BCUT2D eigenvalue weighted by atomic mass is 10.2. The Hall–Kier alpha value is -1.22. The second kappa shape index (κ2) is 5.21. The molecular formula is C13H18N2O. The van der Waals surface area contributed by atoms with Crippen molar-refractivity contribution < 1.29 is 4.79 Å². The van der Waals surface area contributed by atoms with Crippen molar-refractivity contribution >= 4 is 5.78 Å². The van der Waals surface area contributed by atoms with Crippen LogP contribution in [0, 0.1) is 0 Å². The zero-order chi connectivity index (χ0) is 11.4. The third kappa shape index (κ3) is 2.67. The third-order valence-electron chi connectivity index (χ3n) is 3.23. The van der Waals surface area contributed by atoms with Gasteiger partial charge in [0.15, 0.2) is 0 Å². The van der Waals surface area contributed by atoms with Gasteiger partial charge >= 0.3 is 0 Å². The van der Waals surface area contributed by atoms with Crippen molar-refractivity contribution in [2.75, 3.05) is 6.54 Å². The van der Waals surface area contributed by atoms with Crippen molar-refractivity contribution in [3.8, 4) is 0 Å². The van der Waals surface area contributed by atoms with E-state index in [4.69, 9.17) is 0 Å². The summed E-state index contributed by atoms with van der Waals surface area (Å²) in [7, 11) is 0. The summed E-state index contributed by atoms with van der Waals surface area (Å²) in [6.07, 6.45) is 4.31. The van der Waals surface area contributed by atoms with Crippen LogP contribution in [-0.4, -0.2) is 28.3 Å². The molecule has 0 saturated heterocycles. The lowest BCUT2D eigenvalue weighted by molar-refractivity contribution is -0.117. The van der Waals surface area contributed by atoms with Crippen LogP contribution in [0.25, 0.3) is 0 Å². The summed E-state index contributed by atoms with van der Waals surface area (Å²) in [5, 5.41) is 0. The summed E-state index contributed by atoms with van der Waals surface area (Å²) in [6.45, 7) is 3.98. The molecule has 1 heterocycles. The lowest BCUT2D eigenvalue weighted by Crippen LogP contribution is -2.33. The van der Waals surface area contributed by atoms with Gasteiger partial charge in [-0.25, -0.2) is 0 Å². The quantitative estimate of drug-likeness (QED) is 0.775. The van der Waals surface area contributed by atoms with E-state index in [2.05, 4.69) is 16.8 Å². The molecule has 0 amide bonds. The highest BCUT2D eigenvalue weighted by molar-refractivity contribution is 5.81. The number of nitrogens with zero attached hydrogens (tertiary/aromatic N) is 2. The Morgan fingerprint density at radius 2 is 2.38 bits per heavy atom. The number of pyridine rings is 1. The molecule has 2 rings (SSSR count). The van der Waals surface area contributed by atoms with Gasteiger partial charge in [0, 0.05) is 31.6 Å². The molecule has 1 aromatic heterocycles. The molecule has 0 spiro atoms. The van der Waals surface area contributed by atoms with E-state index in [1.807, 2.05) is 24.4 Å². The number of aromatic nitrogens is 1. The first-order chi connectivity index (χ1) is 7.79. The smallest absolute Gasteiger partial charge is 0.134 e. The predicted molar refractivity (Wildman–Crippen MR) is 63.0 cm³/mol. The van der Waals surface area contributed by atoms with Crippen LogP contribution in [-0.2, 0) is 11.3 Å². The summed E-state index contributed by atoms with van der Waals surface area (Å²) in [5.74, 6) is 0.407. The second-order valence-corrected chi connectivity index (χ2v) is 4.32. The van der Waals surface area contributed by atoms with E-state index < -0.39 is 0 Å². The molecule has 0 N–H and O–H groups in total. The number of carbonyl (C=O) groups excluding carboxylic acids is 1. The Kier molecular flexibility index (Phi) is 3.67. The van der Waals surface area contributed by atoms with Crippen LogP contribution in [0.1, 0.15) is 31.9 Å². The van der Waals surface area contributed by atoms with E-state index in [1.165, 1.54) is 0 Å². The highest BCUT2D eigenvalue weighted by atomic mass is 16.1. The zero-order valence-electron chi connectivity index (χ0n) is 9.72. The maximum absolute atomic E-state index is 11.3. The van der Waals surface area contributed by atoms with E-state index in [9.17, 15) is 4.79 Å². The fraction of sp³-hybridized carbons (Fsp3) is 0.538. The Morgan fingerprint density at radius 1 is 1.50 bits per heavy atom. The summed E-state index contributed by atoms with van der Waals surface area (Å²) >= 11 is 0. The van der Waals surface area contributed by atoms with Crippen LogP contribution >= 0.6 is 0 Å². The minimum absolute atomic E-state index is 0.407. The number of Topliss-reactive ketones (excluding diaryl/α,β-unsaturated/α-hetero) is 1. The fourth-order valence-corrected chi connectivity index (χ4v) is 2.31. The summed E-state index contributed by atoms with van der Waals surface area (Å²) in [5.41, 5.74) is 1.09. The first kappa shape index (κ1) is 11.3. The molecule has 0 aromatic carbocycles. The van der Waals surface area contributed by atoms with Gasteiger partial charge in [0.25, 0.3) is 0 Å². The molecule has 1 atom stereocenters. The standard InChI is InChI=1S/C13H18N2O/c1-2-15(12-6-7-13(16)9-12)10-11-5-3-4-8-14-11/h3-5,8,12H,2,6-7,9-10H2,1H3. The van der Waals surface area contributed by atoms with Gasteiger partial charge in [-0.15, -0.1) is 0 Å². The monoisotopic (exact) mass is 218 g/mol. The SMILES string of the molecule is CCN(Cc1ccccn1)C1CCC(=O)C1. The van der Waals surface area contributed by atoms with Crippen LogP contribution in [0.15, 0.2) is 24.4 Å². The molecule has 1 aliphatic rings. The molecule has 0 bridgehead atoms. The van der Waals surface area contributed by atoms with E-state index in [0.29, 0.717) is 11.8 Å². The van der Waals surface area contributed by atoms with Gasteiger partial charge in [-0.1, -0.05) is 13.0 Å². The summed E-state index contributed by atoms with van der Waals surface area (Å²) < 4.78 is 0. The average molecular weight is 218 g/mol. The highest BCUT2D eigenvalue weighted by Gasteiger charge is 2.26. The van der Waals surface area contributed by atoms with Crippen LogP contribution in [0.5, 0.6) is 0 Å². The number of hydrogen-bond acceptors (Lipinski definition) is 3. The van der Waals surface area contributed by atoms with Gasteiger partial charge in [-0.2, -0.15) is 0 Å². The van der Waals surface area contributed by atoms with Crippen LogP contribution < -0.4 is 0 Å². The molecule has 1 fully saturated rings. The molecule has 1 aromatic rings. The second-order valence-electron chi connectivity index (χ2n) is 4.32. The molecule has 1 aliphatic carbocycles. The lowest BCUT2D eigenvalue weighted by Gasteiger charge is -2.26. The van der Waals surface area contributed by atoms with Crippen LogP contribution in [0.3, 0.4) is 0 Å². The van der Waals surface area contributed by atoms with Crippen molar-refractivity contribution in [2.45, 2.75) is 38.8 Å². The molecule has 16 heavy (non-hydrogen) atoms. The van der Waals surface area contributed by atoms with Gasteiger partial charge in [0.1, 0.15) is 5.78 Å². The minimum Gasteiger partial charge on any atom is -0.300 e. The van der Waals surface area contributed by atoms with E-state index in [0.717, 1.165) is 38.0 Å². The molecule has 1 unspecified atom stereocenters. The molecular weight excluding hydrogens is 200 g/mol. The van der Waals surface area contributed by atoms with E-state index in [1.54, 1.807) is 0 Å². The first-order valence-electron chi connectivity index (χ1n) is 5.95. The van der Waals surface area contributed by atoms with E-state index >= 15 is 0 Å². The normalized spacial score (nSPS) is 20.6. The van der Waals surface area contributed by atoms with Gasteiger partial charge < -0.3 is 0 Å². The minimum atomic E-state index is 0.407. The maximum atomic E-state index is 11.3. The fourth-order valence-electron chi connectivity index (χ4n) is 2.31. The van der Waals surface area contributed by atoms with Crippen LogP contribution in [0.2, 0.25) is 0 Å². The molecule has 1 saturated carbocycles. The molecule has 0 radical (unpaired) electrons. The van der Waals surface area contributed by atoms with Gasteiger partial charge in [-0.3, -0.25) is 14.7 Å². The van der Waals surface area contributed by atoms with Crippen molar-refractivity contribution in [3.05, 3.63) is 30.1 Å². The molecule has 3 nitrogen and oxygen atoms in total. The third-order valence-corrected chi connectivity index (χ3v) is 3.23. The topological polar surface area (TPSA) is 33.2 Å². The maximum Gasteiger partial charge on any atom is 0.134 e. The van der Waals surface area contributed by atoms with Gasteiger partial charge in [-0.05, 0) is 25.1 Å². The van der Waals surface area contributed by atoms with E-state index in [-0.39, 0.29) is 0 Å². The molecule has 0 aliphatic heterocycles. The van der Waals surface area contributed by atoms with Crippen molar-refractivity contribution in [3.63, 3.8) is 0 Å². The largest absolute Gasteiger partial charge is 0.300 e. The molecule has 86 valence electrons. The Morgan fingerprint density at radius 3 is 2.94 bits per heavy atom. The average Bonchev–Trinajstić information content (AvgIpc) is 2.74. The summed E-state index contributed by atoms with van der Waals surface area (Å²) in [4.78, 5) is 18.0. The predicted octanol–water partition coefficient (Wildman–Crippen LogP) is 2.03. The Bertz CT molecular complexity index is 350. The first-order valence-corrected chi connectivity index (χ1v) is 5.95. The zero-order valence-corrected chi connectivity index (χ0v) is 9.72. The number of hydrogen-bond donors (Lipinski definition) is 0. The van der Waals surface area contributed by atoms with Crippen molar-refractivity contribution in [1.29, 1.82) is 0 Å². The summed E-state index contributed by atoms with van der Waals surface area (Å²) in [6, 6.07) is 6.41. The number of ketones is 1. The van der Waals surface area contributed by atoms with Crippen LogP contribution in [0.4, 0.5) is 0 Å². The number of rotatable bonds is 4. The number of carbonyl (C=O) groups is 1. The van der Waals surface area contributed by atoms with Crippen molar-refractivity contribution in [2.24, 2.45) is 0 Å². The Labute approximate surface area is 96.5 Å². The highest BCUT2D eigenvalue weighted by Crippen LogP contribution is 2.21. The van der Waals surface area contributed by atoms with Gasteiger partial charge in [0.05, 0.1) is 5.69 Å².